The molecule has 0 atom stereocenters. The molecule has 2 fully saturated rings. The number of hydrogen-bond acceptors (Lipinski definition) is 4. The molecule has 0 spiro atoms. The van der Waals surface area contributed by atoms with Crippen LogP contribution in [0.2, 0.25) is 5.02 Å². The molecular formula is C17H24ClN3O2. The van der Waals surface area contributed by atoms with Crippen LogP contribution in [0.25, 0.3) is 0 Å². The number of halogens is 1. The molecule has 23 heavy (non-hydrogen) atoms. The third-order valence-electron chi connectivity index (χ3n) is 4.50. The van der Waals surface area contributed by atoms with E-state index in [2.05, 4.69) is 15.9 Å². The van der Waals surface area contributed by atoms with E-state index in [1.807, 2.05) is 23.1 Å². The molecular weight excluding hydrogens is 314 g/mol. The van der Waals surface area contributed by atoms with Crippen LogP contribution in [0.15, 0.2) is 24.3 Å². The largest absolute Gasteiger partial charge is 0.369 e. The van der Waals surface area contributed by atoms with Crippen molar-refractivity contribution in [2.24, 2.45) is 0 Å². The molecule has 2 heterocycles. The van der Waals surface area contributed by atoms with Crippen molar-refractivity contribution < 1.29 is 9.53 Å². The molecule has 5 nitrogen and oxygen atoms in total. The van der Waals surface area contributed by atoms with E-state index in [1.165, 1.54) is 5.69 Å². The molecule has 0 aromatic heterocycles. The molecule has 0 unspecified atom stereocenters. The summed E-state index contributed by atoms with van der Waals surface area (Å²) in [7, 11) is 0. The lowest BCUT2D eigenvalue weighted by molar-refractivity contribution is -0.141. The first-order valence-electron chi connectivity index (χ1n) is 8.31. The Morgan fingerprint density at radius 2 is 2.00 bits per heavy atom. The number of rotatable bonds is 4. The van der Waals surface area contributed by atoms with E-state index >= 15 is 0 Å². The molecule has 6 heteroatoms. The Labute approximate surface area is 142 Å². The van der Waals surface area contributed by atoms with Crippen molar-refractivity contribution in [3.8, 4) is 0 Å². The number of amides is 1. The second kappa shape index (κ2) is 7.99. The number of anilines is 1. The normalized spacial score (nSPS) is 19.9. The Kier molecular flexibility index (Phi) is 5.75. The van der Waals surface area contributed by atoms with Crippen LogP contribution in [0.1, 0.15) is 12.8 Å². The van der Waals surface area contributed by atoms with Gasteiger partial charge in [0.2, 0.25) is 5.91 Å². The van der Waals surface area contributed by atoms with E-state index in [1.54, 1.807) is 0 Å². The van der Waals surface area contributed by atoms with Crippen molar-refractivity contribution >= 4 is 23.2 Å². The zero-order valence-corrected chi connectivity index (χ0v) is 14.2. The SMILES string of the molecule is O=C(CCN1CCN(c2cccc(Cl)c2)CC1)N1CCCOC1. The smallest absolute Gasteiger partial charge is 0.225 e. The summed E-state index contributed by atoms with van der Waals surface area (Å²) in [6, 6.07) is 8.00. The van der Waals surface area contributed by atoms with Gasteiger partial charge in [-0.15, -0.1) is 0 Å². The van der Waals surface area contributed by atoms with Crippen LogP contribution in [-0.2, 0) is 9.53 Å². The molecule has 1 aromatic carbocycles. The van der Waals surface area contributed by atoms with Crippen LogP contribution in [0.4, 0.5) is 5.69 Å². The average molecular weight is 338 g/mol. The first-order chi connectivity index (χ1) is 11.2. The molecule has 126 valence electrons. The topological polar surface area (TPSA) is 36.0 Å². The monoisotopic (exact) mass is 337 g/mol. The van der Waals surface area contributed by atoms with Gasteiger partial charge in [-0.05, 0) is 24.6 Å². The maximum absolute atomic E-state index is 12.2. The van der Waals surface area contributed by atoms with Crippen molar-refractivity contribution in [3.05, 3.63) is 29.3 Å². The average Bonchev–Trinajstić information content (AvgIpc) is 2.61. The van der Waals surface area contributed by atoms with Crippen molar-refractivity contribution in [2.75, 3.05) is 57.5 Å². The molecule has 2 saturated heterocycles. The van der Waals surface area contributed by atoms with Gasteiger partial charge in [0.1, 0.15) is 6.73 Å². The molecule has 3 rings (SSSR count). The predicted molar refractivity (Wildman–Crippen MR) is 91.9 cm³/mol. The van der Waals surface area contributed by atoms with Gasteiger partial charge in [0, 0.05) is 56.4 Å². The molecule has 1 aromatic rings. The highest BCUT2D eigenvalue weighted by molar-refractivity contribution is 6.30. The first-order valence-corrected chi connectivity index (χ1v) is 8.68. The number of ether oxygens (including phenoxy) is 1. The Balaban J connectivity index is 1.41. The fourth-order valence-corrected chi connectivity index (χ4v) is 3.29. The van der Waals surface area contributed by atoms with Gasteiger partial charge < -0.3 is 14.5 Å². The van der Waals surface area contributed by atoms with Gasteiger partial charge in [0.15, 0.2) is 0 Å². The zero-order chi connectivity index (χ0) is 16.1. The number of piperazine rings is 1. The quantitative estimate of drug-likeness (QED) is 0.842. The van der Waals surface area contributed by atoms with E-state index in [0.717, 1.165) is 57.3 Å². The molecule has 0 N–H and O–H groups in total. The van der Waals surface area contributed by atoms with Gasteiger partial charge in [-0.25, -0.2) is 0 Å². The zero-order valence-electron chi connectivity index (χ0n) is 13.4. The van der Waals surface area contributed by atoms with Crippen molar-refractivity contribution in [2.45, 2.75) is 12.8 Å². The molecule has 1 amide bonds. The lowest BCUT2D eigenvalue weighted by atomic mass is 10.2. The van der Waals surface area contributed by atoms with Crippen LogP contribution in [0.3, 0.4) is 0 Å². The molecule has 0 saturated carbocycles. The van der Waals surface area contributed by atoms with E-state index in [4.69, 9.17) is 16.3 Å². The Hall–Kier alpha value is -1.30. The summed E-state index contributed by atoms with van der Waals surface area (Å²) in [6.45, 7) is 6.81. The standard InChI is InChI=1S/C17H24ClN3O2/c18-15-3-1-4-16(13-15)20-10-8-19(9-11-20)7-5-17(22)21-6-2-12-23-14-21/h1,3-4,13H,2,5-12,14H2. The van der Waals surface area contributed by atoms with E-state index in [-0.39, 0.29) is 5.91 Å². The minimum atomic E-state index is 0.210. The summed E-state index contributed by atoms with van der Waals surface area (Å²) >= 11 is 6.06. The number of benzene rings is 1. The van der Waals surface area contributed by atoms with Crippen molar-refractivity contribution in [1.29, 1.82) is 0 Å². The molecule has 2 aliphatic rings. The summed E-state index contributed by atoms with van der Waals surface area (Å²) in [5.41, 5.74) is 1.18. The maximum atomic E-state index is 12.2. The fourth-order valence-electron chi connectivity index (χ4n) is 3.11. The molecule has 0 aliphatic carbocycles. The van der Waals surface area contributed by atoms with Gasteiger partial charge in [-0.3, -0.25) is 9.69 Å². The van der Waals surface area contributed by atoms with Crippen LogP contribution in [0, 0.1) is 0 Å². The number of nitrogens with zero attached hydrogens (tertiary/aromatic N) is 3. The molecule has 0 bridgehead atoms. The predicted octanol–water partition coefficient (Wildman–Crippen LogP) is 2.06. The van der Waals surface area contributed by atoms with Crippen molar-refractivity contribution in [3.63, 3.8) is 0 Å². The van der Waals surface area contributed by atoms with Crippen molar-refractivity contribution in [1.82, 2.24) is 9.80 Å². The second-order valence-corrected chi connectivity index (χ2v) is 6.54. The Morgan fingerprint density at radius 3 is 2.70 bits per heavy atom. The summed E-state index contributed by atoms with van der Waals surface area (Å²) in [4.78, 5) is 18.7. The lowest BCUT2D eigenvalue weighted by Gasteiger charge is -2.36. The highest BCUT2D eigenvalue weighted by Crippen LogP contribution is 2.20. The summed E-state index contributed by atoms with van der Waals surface area (Å²) < 4.78 is 5.34. The highest BCUT2D eigenvalue weighted by Gasteiger charge is 2.20. The first kappa shape index (κ1) is 16.6. The van der Waals surface area contributed by atoms with E-state index < -0.39 is 0 Å². The molecule has 0 radical (unpaired) electrons. The van der Waals surface area contributed by atoms with Crippen LogP contribution >= 0.6 is 11.6 Å². The van der Waals surface area contributed by atoms with Gasteiger partial charge in [0.05, 0.1) is 6.61 Å². The van der Waals surface area contributed by atoms with Gasteiger partial charge in [-0.2, -0.15) is 0 Å². The van der Waals surface area contributed by atoms with Crippen LogP contribution in [0.5, 0.6) is 0 Å². The molecule has 2 aliphatic heterocycles. The van der Waals surface area contributed by atoms with Crippen LogP contribution < -0.4 is 4.90 Å². The van der Waals surface area contributed by atoms with Crippen LogP contribution in [-0.4, -0.2) is 68.3 Å². The summed E-state index contributed by atoms with van der Waals surface area (Å²) in [5, 5.41) is 0.777. The minimum Gasteiger partial charge on any atom is -0.369 e. The summed E-state index contributed by atoms with van der Waals surface area (Å²) in [5.74, 6) is 0.210. The lowest BCUT2D eigenvalue weighted by Crippen LogP contribution is -2.47. The Bertz CT molecular complexity index is 526. The number of carbonyl (C=O) groups excluding carboxylic acids is 1. The van der Waals surface area contributed by atoms with E-state index in [9.17, 15) is 4.79 Å². The number of carbonyl (C=O) groups is 1. The second-order valence-electron chi connectivity index (χ2n) is 6.11. The highest BCUT2D eigenvalue weighted by atomic mass is 35.5. The number of hydrogen-bond donors (Lipinski definition) is 0. The van der Waals surface area contributed by atoms with E-state index in [0.29, 0.717) is 13.2 Å². The van der Waals surface area contributed by atoms with Gasteiger partial charge in [-0.1, -0.05) is 17.7 Å². The third-order valence-corrected chi connectivity index (χ3v) is 4.74. The minimum absolute atomic E-state index is 0.210. The fraction of sp³-hybridized carbons (Fsp3) is 0.588. The van der Waals surface area contributed by atoms with Gasteiger partial charge in [0.25, 0.3) is 0 Å². The summed E-state index contributed by atoms with van der Waals surface area (Å²) in [6.07, 6.45) is 1.53. The maximum Gasteiger partial charge on any atom is 0.225 e. The third kappa shape index (κ3) is 4.59. The Morgan fingerprint density at radius 1 is 1.17 bits per heavy atom. The van der Waals surface area contributed by atoms with Gasteiger partial charge >= 0.3 is 0 Å².